The van der Waals surface area contributed by atoms with Gasteiger partial charge in [-0.15, -0.1) is 0 Å². The van der Waals surface area contributed by atoms with E-state index in [1.807, 2.05) is 35.2 Å². The summed E-state index contributed by atoms with van der Waals surface area (Å²) in [4.78, 5) is 38.5. The molecule has 3 N–H and O–H groups in total. The maximum absolute atomic E-state index is 12.6. The van der Waals surface area contributed by atoms with Crippen molar-refractivity contribution in [1.29, 1.82) is 0 Å². The maximum atomic E-state index is 12.6. The highest BCUT2D eigenvalue weighted by molar-refractivity contribution is 5.88. The molecular formula is C20H27N3O3. The smallest absolute Gasteiger partial charge is 0.240 e. The lowest BCUT2D eigenvalue weighted by Gasteiger charge is -2.36. The lowest BCUT2D eigenvalue weighted by atomic mass is 9.83. The van der Waals surface area contributed by atoms with Gasteiger partial charge in [0, 0.05) is 31.3 Å². The predicted molar refractivity (Wildman–Crippen MR) is 97.9 cm³/mol. The zero-order valence-corrected chi connectivity index (χ0v) is 15.0. The van der Waals surface area contributed by atoms with Crippen LogP contribution in [0.5, 0.6) is 0 Å². The molecule has 0 spiro atoms. The Morgan fingerprint density at radius 2 is 1.69 bits per heavy atom. The van der Waals surface area contributed by atoms with Crippen molar-refractivity contribution in [3.63, 3.8) is 0 Å². The second kappa shape index (κ2) is 8.34. The minimum Gasteiger partial charge on any atom is -0.368 e. The Hall–Kier alpha value is -2.37. The summed E-state index contributed by atoms with van der Waals surface area (Å²) in [5, 5.41) is 2.81. The van der Waals surface area contributed by atoms with Crippen LogP contribution < -0.4 is 11.1 Å². The van der Waals surface area contributed by atoms with Crippen LogP contribution in [-0.4, -0.2) is 41.8 Å². The number of hydrogen-bond acceptors (Lipinski definition) is 3. The first-order valence-electron chi connectivity index (χ1n) is 9.47. The molecule has 26 heavy (non-hydrogen) atoms. The fourth-order valence-corrected chi connectivity index (χ4v) is 3.64. The van der Waals surface area contributed by atoms with Crippen LogP contribution in [0.3, 0.4) is 0 Å². The molecule has 6 nitrogen and oxygen atoms in total. The Morgan fingerprint density at radius 3 is 2.23 bits per heavy atom. The molecule has 1 saturated carbocycles. The topological polar surface area (TPSA) is 92.5 Å². The molecule has 1 aliphatic carbocycles. The predicted octanol–water partition coefficient (Wildman–Crippen LogP) is 1.24. The third kappa shape index (κ3) is 4.42. The Morgan fingerprint density at radius 1 is 1.04 bits per heavy atom. The van der Waals surface area contributed by atoms with Crippen LogP contribution in [0.25, 0.3) is 0 Å². The molecule has 2 fully saturated rings. The zero-order chi connectivity index (χ0) is 18.5. The SMILES string of the molecule is NC(=O)[C@H](Cc1ccccc1)NC(=O)C1CCN(C(=O)C2CCC2)CC1. The van der Waals surface area contributed by atoms with E-state index in [1.54, 1.807) is 0 Å². The van der Waals surface area contributed by atoms with Crippen molar-refractivity contribution in [2.45, 2.75) is 44.6 Å². The van der Waals surface area contributed by atoms with E-state index in [4.69, 9.17) is 5.73 Å². The van der Waals surface area contributed by atoms with Crippen molar-refractivity contribution >= 4 is 17.7 Å². The van der Waals surface area contributed by atoms with Gasteiger partial charge >= 0.3 is 0 Å². The Bertz CT molecular complexity index is 650. The molecule has 1 aromatic carbocycles. The fourth-order valence-electron chi connectivity index (χ4n) is 3.64. The lowest BCUT2D eigenvalue weighted by molar-refractivity contribution is -0.141. The van der Waals surface area contributed by atoms with Crippen molar-refractivity contribution in [2.24, 2.45) is 17.6 Å². The lowest BCUT2D eigenvalue weighted by Crippen LogP contribution is -2.50. The summed E-state index contributed by atoms with van der Waals surface area (Å²) < 4.78 is 0. The molecular weight excluding hydrogens is 330 g/mol. The van der Waals surface area contributed by atoms with E-state index in [0.29, 0.717) is 32.4 Å². The standard InChI is InChI=1S/C20H27N3O3/c21-18(24)17(13-14-5-2-1-3-6-14)22-19(25)15-9-11-23(12-10-15)20(26)16-7-4-8-16/h1-3,5-6,15-17H,4,7-13H2,(H2,21,24)(H,22,25)/t17-/m0/s1. The first-order chi connectivity index (χ1) is 12.5. The molecule has 1 heterocycles. The van der Waals surface area contributed by atoms with Crippen molar-refractivity contribution in [2.75, 3.05) is 13.1 Å². The Kier molecular flexibility index (Phi) is 5.91. The third-order valence-corrected chi connectivity index (χ3v) is 5.57. The van der Waals surface area contributed by atoms with Crippen molar-refractivity contribution in [3.05, 3.63) is 35.9 Å². The van der Waals surface area contributed by atoms with Gasteiger partial charge in [0.05, 0.1) is 0 Å². The van der Waals surface area contributed by atoms with E-state index in [0.717, 1.165) is 24.8 Å². The van der Waals surface area contributed by atoms with Crippen LogP contribution in [0, 0.1) is 11.8 Å². The van der Waals surface area contributed by atoms with E-state index in [1.165, 1.54) is 0 Å². The average molecular weight is 357 g/mol. The summed E-state index contributed by atoms with van der Waals surface area (Å²) in [6.45, 7) is 1.24. The maximum Gasteiger partial charge on any atom is 0.240 e. The average Bonchev–Trinajstić information content (AvgIpc) is 2.60. The second-order valence-corrected chi connectivity index (χ2v) is 7.38. The van der Waals surface area contributed by atoms with Gasteiger partial charge in [0.2, 0.25) is 17.7 Å². The number of piperidine rings is 1. The molecule has 3 amide bonds. The van der Waals surface area contributed by atoms with Gasteiger partial charge in [0.15, 0.2) is 0 Å². The van der Waals surface area contributed by atoms with E-state index < -0.39 is 11.9 Å². The van der Waals surface area contributed by atoms with Gasteiger partial charge in [-0.05, 0) is 31.2 Å². The summed E-state index contributed by atoms with van der Waals surface area (Å²) in [5.74, 6) is -0.391. The highest BCUT2D eigenvalue weighted by Crippen LogP contribution is 2.30. The van der Waals surface area contributed by atoms with Crippen molar-refractivity contribution in [1.82, 2.24) is 10.2 Å². The molecule has 2 aliphatic rings. The second-order valence-electron chi connectivity index (χ2n) is 7.38. The van der Waals surface area contributed by atoms with Crippen molar-refractivity contribution in [3.8, 4) is 0 Å². The summed E-state index contributed by atoms with van der Waals surface area (Å²) in [6, 6.07) is 8.80. The molecule has 1 aromatic rings. The monoisotopic (exact) mass is 357 g/mol. The molecule has 0 radical (unpaired) electrons. The highest BCUT2D eigenvalue weighted by atomic mass is 16.2. The molecule has 0 bridgehead atoms. The molecule has 1 saturated heterocycles. The molecule has 1 aliphatic heterocycles. The minimum absolute atomic E-state index is 0.138. The van der Waals surface area contributed by atoms with E-state index in [-0.39, 0.29) is 23.7 Å². The molecule has 140 valence electrons. The summed E-state index contributed by atoms with van der Waals surface area (Å²) in [7, 11) is 0. The van der Waals surface area contributed by atoms with Gasteiger partial charge in [-0.2, -0.15) is 0 Å². The number of nitrogens with two attached hydrogens (primary N) is 1. The quantitative estimate of drug-likeness (QED) is 0.802. The summed E-state index contributed by atoms with van der Waals surface area (Å²) in [5.41, 5.74) is 6.43. The van der Waals surface area contributed by atoms with Gasteiger partial charge in [-0.1, -0.05) is 36.8 Å². The van der Waals surface area contributed by atoms with Gasteiger partial charge < -0.3 is 16.0 Å². The number of carbonyl (C=O) groups excluding carboxylic acids is 3. The summed E-state index contributed by atoms with van der Waals surface area (Å²) in [6.07, 6.45) is 4.81. The van der Waals surface area contributed by atoms with E-state index >= 15 is 0 Å². The molecule has 6 heteroatoms. The van der Waals surface area contributed by atoms with E-state index in [2.05, 4.69) is 5.32 Å². The number of benzene rings is 1. The normalized spacial score (nSPS) is 19.5. The number of nitrogens with zero attached hydrogens (tertiary/aromatic N) is 1. The fraction of sp³-hybridized carbons (Fsp3) is 0.550. The molecule has 0 aromatic heterocycles. The Labute approximate surface area is 154 Å². The first-order valence-corrected chi connectivity index (χ1v) is 9.47. The van der Waals surface area contributed by atoms with Crippen LogP contribution in [-0.2, 0) is 20.8 Å². The number of likely N-dealkylation sites (tertiary alicyclic amines) is 1. The summed E-state index contributed by atoms with van der Waals surface area (Å²) >= 11 is 0. The van der Waals surface area contributed by atoms with Gasteiger partial charge in [-0.3, -0.25) is 14.4 Å². The Balaban J connectivity index is 1.50. The minimum atomic E-state index is -0.709. The highest BCUT2D eigenvalue weighted by Gasteiger charge is 2.34. The van der Waals surface area contributed by atoms with Crippen LogP contribution in [0.15, 0.2) is 30.3 Å². The van der Waals surface area contributed by atoms with Gasteiger partial charge in [0.1, 0.15) is 6.04 Å². The van der Waals surface area contributed by atoms with E-state index in [9.17, 15) is 14.4 Å². The number of amides is 3. The number of carbonyl (C=O) groups is 3. The number of nitrogens with one attached hydrogen (secondary N) is 1. The van der Waals surface area contributed by atoms with Crippen LogP contribution >= 0.6 is 0 Å². The van der Waals surface area contributed by atoms with Gasteiger partial charge in [-0.25, -0.2) is 0 Å². The van der Waals surface area contributed by atoms with Crippen LogP contribution in [0.2, 0.25) is 0 Å². The molecule has 0 unspecified atom stereocenters. The number of hydrogen-bond donors (Lipinski definition) is 2. The molecule has 3 rings (SSSR count). The first kappa shape index (κ1) is 18.4. The number of primary amides is 1. The third-order valence-electron chi connectivity index (χ3n) is 5.57. The zero-order valence-electron chi connectivity index (χ0n) is 15.0. The largest absolute Gasteiger partial charge is 0.368 e. The van der Waals surface area contributed by atoms with Crippen LogP contribution in [0.1, 0.15) is 37.7 Å². The number of rotatable bonds is 6. The van der Waals surface area contributed by atoms with Crippen molar-refractivity contribution < 1.29 is 14.4 Å². The van der Waals surface area contributed by atoms with Gasteiger partial charge in [0.25, 0.3) is 0 Å². The van der Waals surface area contributed by atoms with Crippen LogP contribution in [0.4, 0.5) is 0 Å². The molecule has 1 atom stereocenters.